The summed E-state index contributed by atoms with van der Waals surface area (Å²) in [5.41, 5.74) is 5.97. The van der Waals surface area contributed by atoms with Crippen LogP contribution in [0, 0.1) is 0 Å². The lowest BCUT2D eigenvalue weighted by Gasteiger charge is -2.29. The lowest BCUT2D eigenvalue weighted by molar-refractivity contribution is 0.321. The predicted octanol–water partition coefficient (Wildman–Crippen LogP) is 0.567. The molecule has 0 spiro atoms. The fraction of sp³-hybridized carbons (Fsp3) is 0.727. The number of aromatic nitrogens is 2. The van der Waals surface area contributed by atoms with Gasteiger partial charge in [0.1, 0.15) is 5.82 Å². The van der Waals surface area contributed by atoms with Gasteiger partial charge in [0.05, 0.1) is 12.2 Å². The van der Waals surface area contributed by atoms with Gasteiger partial charge in [0, 0.05) is 31.7 Å². The number of nitrogens with one attached hydrogen (secondary N) is 2. The number of hydrogen-bond donors (Lipinski definition) is 3. The summed E-state index contributed by atoms with van der Waals surface area (Å²) in [6.45, 7) is 5.00. The van der Waals surface area contributed by atoms with E-state index in [-0.39, 0.29) is 6.04 Å². The molecule has 0 aromatic carbocycles. The first-order valence-electron chi connectivity index (χ1n) is 6.05. The van der Waals surface area contributed by atoms with Crippen LogP contribution in [0.1, 0.15) is 25.8 Å². The minimum Gasteiger partial charge on any atom is -0.369 e. The van der Waals surface area contributed by atoms with Crippen molar-refractivity contribution in [3.63, 3.8) is 0 Å². The molecule has 1 aromatic rings. The van der Waals surface area contributed by atoms with Crippen LogP contribution < -0.4 is 16.4 Å². The second-order valence-corrected chi connectivity index (χ2v) is 4.40. The summed E-state index contributed by atoms with van der Waals surface area (Å²) in [7, 11) is 0. The Kier molecular flexibility index (Phi) is 3.79. The van der Waals surface area contributed by atoms with Gasteiger partial charge in [-0.15, -0.1) is 0 Å². The van der Waals surface area contributed by atoms with Gasteiger partial charge in [-0.3, -0.25) is 0 Å². The van der Waals surface area contributed by atoms with E-state index >= 15 is 0 Å². The highest BCUT2D eigenvalue weighted by Gasteiger charge is 2.21. The largest absolute Gasteiger partial charge is 0.369 e. The van der Waals surface area contributed by atoms with Crippen molar-refractivity contribution in [1.82, 2.24) is 15.1 Å². The monoisotopic (exact) mass is 223 g/mol. The van der Waals surface area contributed by atoms with Crippen LogP contribution in [0.2, 0.25) is 0 Å². The summed E-state index contributed by atoms with van der Waals surface area (Å²) in [6, 6.07) is 2.74. The Bertz CT molecular complexity index is 318. The third-order valence-corrected chi connectivity index (χ3v) is 2.98. The van der Waals surface area contributed by atoms with Gasteiger partial charge in [-0.05, 0) is 6.42 Å². The Morgan fingerprint density at radius 1 is 1.69 bits per heavy atom. The predicted molar refractivity (Wildman–Crippen MR) is 65.5 cm³/mol. The number of nitrogens with zero attached hydrogens (tertiary/aromatic N) is 2. The smallest absolute Gasteiger partial charge is 0.124 e. The molecule has 0 saturated carbocycles. The van der Waals surface area contributed by atoms with Crippen molar-refractivity contribution in [2.24, 2.45) is 5.73 Å². The SMILES string of the molecule is CCCC(N)CNc1ccnn1C1CNC1. The molecule has 2 rings (SSSR count). The molecule has 5 nitrogen and oxygen atoms in total. The molecule has 0 bridgehead atoms. The Hall–Kier alpha value is -1.07. The first kappa shape index (κ1) is 11.4. The van der Waals surface area contributed by atoms with Crippen molar-refractivity contribution in [3.8, 4) is 0 Å². The van der Waals surface area contributed by atoms with Gasteiger partial charge in [-0.2, -0.15) is 5.10 Å². The summed E-state index contributed by atoms with van der Waals surface area (Å²) >= 11 is 0. The summed E-state index contributed by atoms with van der Waals surface area (Å²) in [5.74, 6) is 1.08. The van der Waals surface area contributed by atoms with Gasteiger partial charge >= 0.3 is 0 Å². The maximum absolute atomic E-state index is 5.97. The second-order valence-electron chi connectivity index (χ2n) is 4.40. The van der Waals surface area contributed by atoms with E-state index in [9.17, 15) is 0 Å². The fourth-order valence-corrected chi connectivity index (χ4v) is 1.90. The highest BCUT2D eigenvalue weighted by atomic mass is 15.4. The average Bonchev–Trinajstić information content (AvgIpc) is 2.61. The van der Waals surface area contributed by atoms with Gasteiger partial charge in [-0.25, -0.2) is 4.68 Å². The minimum atomic E-state index is 0.230. The van der Waals surface area contributed by atoms with Crippen LogP contribution in [0.4, 0.5) is 5.82 Å². The fourth-order valence-electron chi connectivity index (χ4n) is 1.90. The Morgan fingerprint density at radius 2 is 2.50 bits per heavy atom. The van der Waals surface area contributed by atoms with Crippen molar-refractivity contribution < 1.29 is 0 Å². The van der Waals surface area contributed by atoms with Crippen LogP contribution in [0.5, 0.6) is 0 Å². The topological polar surface area (TPSA) is 67.9 Å². The zero-order valence-electron chi connectivity index (χ0n) is 9.82. The van der Waals surface area contributed by atoms with Gasteiger partial charge in [0.2, 0.25) is 0 Å². The summed E-state index contributed by atoms with van der Waals surface area (Å²) in [6.07, 6.45) is 4.03. The summed E-state index contributed by atoms with van der Waals surface area (Å²) < 4.78 is 2.05. The van der Waals surface area contributed by atoms with E-state index in [0.29, 0.717) is 6.04 Å². The van der Waals surface area contributed by atoms with Gasteiger partial charge in [0.25, 0.3) is 0 Å². The molecule has 1 saturated heterocycles. The molecule has 5 heteroatoms. The first-order valence-corrected chi connectivity index (χ1v) is 6.05. The molecule has 16 heavy (non-hydrogen) atoms. The quantitative estimate of drug-likeness (QED) is 0.659. The zero-order valence-corrected chi connectivity index (χ0v) is 9.82. The molecule has 0 amide bonds. The van der Waals surface area contributed by atoms with Crippen LogP contribution in [-0.2, 0) is 0 Å². The van der Waals surface area contributed by atoms with Crippen molar-refractivity contribution in [3.05, 3.63) is 12.3 Å². The third kappa shape index (κ3) is 2.54. The Balaban J connectivity index is 1.86. The normalized spacial score (nSPS) is 18.1. The van der Waals surface area contributed by atoms with Gasteiger partial charge < -0.3 is 16.4 Å². The Labute approximate surface area is 96.4 Å². The summed E-state index contributed by atoms with van der Waals surface area (Å²) in [4.78, 5) is 0. The molecule has 0 aliphatic carbocycles. The lowest BCUT2D eigenvalue weighted by atomic mass is 10.2. The molecule has 1 aliphatic heterocycles. The maximum Gasteiger partial charge on any atom is 0.124 e. The molecular formula is C11H21N5. The van der Waals surface area contributed by atoms with Crippen LogP contribution in [0.3, 0.4) is 0 Å². The van der Waals surface area contributed by atoms with E-state index in [1.807, 2.05) is 12.3 Å². The summed E-state index contributed by atoms with van der Waals surface area (Å²) in [5, 5.41) is 11.0. The Morgan fingerprint density at radius 3 is 3.12 bits per heavy atom. The van der Waals surface area contributed by atoms with E-state index in [1.54, 1.807) is 0 Å². The molecule has 1 fully saturated rings. The van der Waals surface area contributed by atoms with E-state index in [1.165, 1.54) is 0 Å². The van der Waals surface area contributed by atoms with Crippen LogP contribution in [0.15, 0.2) is 12.3 Å². The molecule has 90 valence electrons. The number of anilines is 1. The highest BCUT2D eigenvalue weighted by molar-refractivity contribution is 5.35. The number of hydrogen-bond acceptors (Lipinski definition) is 4. The second kappa shape index (κ2) is 5.32. The van der Waals surface area contributed by atoms with Gasteiger partial charge in [0.15, 0.2) is 0 Å². The molecule has 1 unspecified atom stereocenters. The minimum absolute atomic E-state index is 0.230. The van der Waals surface area contributed by atoms with E-state index in [4.69, 9.17) is 5.73 Å². The molecule has 1 aliphatic rings. The third-order valence-electron chi connectivity index (χ3n) is 2.98. The molecule has 2 heterocycles. The van der Waals surface area contributed by atoms with Crippen molar-refractivity contribution in [2.75, 3.05) is 25.0 Å². The van der Waals surface area contributed by atoms with E-state index < -0.39 is 0 Å². The molecule has 1 atom stereocenters. The number of nitrogens with two attached hydrogens (primary N) is 1. The lowest BCUT2D eigenvalue weighted by Crippen LogP contribution is -2.44. The van der Waals surface area contributed by atoms with Crippen molar-refractivity contribution in [2.45, 2.75) is 31.8 Å². The van der Waals surface area contributed by atoms with E-state index in [0.717, 1.165) is 38.3 Å². The van der Waals surface area contributed by atoms with E-state index in [2.05, 4.69) is 27.3 Å². The molecule has 0 radical (unpaired) electrons. The highest BCUT2D eigenvalue weighted by Crippen LogP contribution is 2.17. The molecular weight excluding hydrogens is 202 g/mol. The standard InChI is InChI=1S/C11H21N5/c1-2-3-9(12)6-14-11-4-5-15-16(11)10-7-13-8-10/h4-5,9-10,13-14H,2-3,6-8,12H2,1H3. The zero-order chi connectivity index (χ0) is 11.4. The van der Waals surface area contributed by atoms with Gasteiger partial charge in [-0.1, -0.05) is 13.3 Å². The average molecular weight is 223 g/mol. The van der Waals surface area contributed by atoms with Crippen LogP contribution >= 0.6 is 0 Å². The maximum atomic E-state index is 5.97. The first-order chi connectivity index (χ1) is 7.81. The van der Waals surface area contributed by atoms with Crippen LogP contribution in [-0.4, -0.2) is 35.5 Å². The van der Waals surface area contributed by atoms with Crippen LogP contribution in [0.25, 0.3) is 0 Å². The van der Waals surface area contributed by atoms with Crippen molar-refractivity contribution in [1.29, 1.82) is 0 Å². The number of rotatable bonds is 6. The van der Waals surface area contributed by atoms with Crippen molar-refractivity contribution >= 4 is 5.82 Å². The molecule has 1 aromatic heterocycles. The molecule has 4 N–H and O–H groups in total.